The highest BCUT2D eigenvalue weighted by Crippen LogP contribution is 2.51. The Balaban J connectivity index is 1.89. The normalized spacial score (nSPS) is 18.2. The van der Waals surface area contributed by atoms with E-state index in [1.165, 1.54) is 31.2 Å². The Morgan fingerprint density at radius 1 is 1.09 bits per heavy atom. The minimum Gasteiger partial charge on any atom is -0.492 e. The van der Waals surface area contributed by atoms with E-state index in [0.717, 1.165) is 34.0 Å². The molecule has 1 fully saturated rings. The van der Waals surface area contributed by atoms with Gasteiger partial charge in [-0.25, -0.2) is 0 Å². The highest BCUT2D eigenvalue weighted by atomic mass is 16.5. The second-order valence-corrected chi connectivity index (χ2v) is 6.75. The minimum atomic E-state index is 0.162. The fourth-order valence-corrected chi connectivity index (χ4v) is 4.38. The number of pyridine rings is 1. The fourth-order valence-electron chi connectivity index (χ4n) is 4.38. The van der Waals surface area contributed by atoms with Gasteiger partial charge in [0.15, 0.2) is 0 Å². The summed E-state index contributed by atoms with van der Waals surface area (Å²) in [7, 11) is 0. The topological polar surface area (TPSA) is 45.9 Å². The Morgan fingerprint density at radius 3 is 2.65 bits per heavy atom. The maximum Gasteiger partial charge on any atom is 0.134 e. The van der Waals surface area contributed by atoms with Crippen molar-refractivity contribution in [3.63, 3.8) is 0 Å². The maximum atomic E-state index is 9.54. The number of rotatable bonds is 0. The summed E-state index contributed by atoms with van der Waals surface area (Å²) >= 11 is 0. The second kappa shape index (κ2) is 4.45. The first-order chi connectivity index (χ1) is 11.3. The molecule has 2 heterocycles. The predicted molar refractivity (Wildman–Crippen MR) is 89.6 cm³/mol. The van der Waals surface area contributed by atoms with Gasteiger partial charge in [-0.1, -0.05) is 37.1 Å². The van der Waals surface area contributed by atoms with Crippen LogP contribution in [0.15, 0.2) is 36.5 Å². The lowest BCUT2D eigenvalue weighted by Crippen LogP contribution is -2.23. The summed E-state index contributed by atoms with van der Waals surface area (Å²) in [5.74, 6) is 0.958. The molecular weight excluding hydrogens is 284 g/mol. The van der Waals surface area contributed by atoms with Crippen molar-refractivity contribution >= 4 is 21.7 Å². The third kappa shape index (κ3) is 1.61. The number of aromatic nitrogens is 1. The van der Waals surface area contributed by atoms with Gasteiger partial charge >= 0.3 is 0 Å². The Hall–Kier alpha value is -2.60. The molecule has 0 bridgehead atoms. The summed E-state index contributed by atoms with van der Waals surface area (Å²) in [5.41, 5.74) is 3.05. The molecule has 1 saturated carbocycles. The molecule has 0 saturated heterocycles. The summed E-state index contributed by atoms with van der Waals surface area (Å²) in [6.45, 7) is 0.762. The molecule has 3 nitrogen and oxygen atoms in total. The number of benzene rings is 2. The quantitative estimate of drug-likeness (QED) is 0.576. The van der Waals surface area contributed by atoms with Crippen molar-refractivity contribution in [2.45, 2.75) is 31.1 Å². The Kier molecular flexibility index (Phi) is 2.50. The zero-order valence-corrected chi connectivity index (χ0v) is 12.8. The van der Waals surface area contributed by atoms with Crippen LogP contribution in [-0.2, 0) is 5.41 Å². The van der Waals surface area contributed by atoms with Crippen LogP contribution in [0.1, 0.15) is 36.8 Å². The Labute approximate surface area is 134 Å². The van der Waals surface area contributed by atoms with Gasteiger partial charge in [0.1, 0.15) is 5.75 Å². The molecule has 1 aromatic heterocycles. The molecule has 0 atom stereocenters. The van der Waals surface area contributed by atoms with Crippen LogP contribution in [0.4, 0.5) is 0 Å². The zero-order chi connectivity index (χ0) is 15.4. The van der Waals surface area contributed by atoms with Crippen LogP contribution in [0.5, 0.6) is 5.75 Å². The number of ether oxygens (including phenoxy) is 1. The van der Waals surface area contributed by atoms with Gasteiger partial charge < -0.3 is 4.74 Å². The summed E-state index contributed by atoms with van der Waals surface area (Å²) in [6.07, 6.45) is 6.93. The molecule has 1 aliphatic carbocycles. The first-order valence-electron chi connectivity index (χ1n) is 8.20. The van der Waals surface area contributed by atoms with E-state index >= 15 is 0 Å². The van der Waals surface area contributed by atoms with Crippen molar-refractivity contribution in [3.05, 3.63) is 47.7 Å². The molecule has 2 aromatic carbocycles. The molecule has 2 aliphatic rings. The van der Waals surface area contributed by atoms with Crippen LogP contribution < -0.4 is 4.74 Å². The van der Waals surface area contributed by atoms with E-state index in [1.54, 1.807) is 0 Å². The van der Waals surface area contributed by atoms with Crippen LogP contribution >= 0.6 is 0 Å². The van der Waals surface area contributed by atoms with E-state index in [0.29, 0.717) is 5.56 Å². The van der Waals surface area contributed by atoms with Crippen LogP contribution in [-0.4, -0.2) is 11.6 Å². The molecule has 23 heavy (non-hydrogen) atoms. The lowest BCUT2D eigenvalue weighted by atomic mass is 9.81. The van der Waals surface area contributed by atoms with Crippen molar-refractivity contribution in [2.24, 2.45) is 0 Å². The second-order valence-electron chi connectivity index (χ2n) is 6.75. The summed E-state index contributed by atoms with van der Waals surface area (Å²) < 4.78 is 6.15. The monoisotopic (exact) mass is 300 g/mol. The molecule has 0 radical (unpaired) electrons. The number of fused-ring (bicyclic) bond motifs is 6. The van der Waals surface area contributed by atoms with Crippen molar-refractivity contribution in [2.75, 3.05) is 6.61 Å². The highest BCUT2D eigenvalue weighted by molar-refractivity contribution is 6.10. The summed E-state index contributed by atoms with van der Waals surface area (Å²) in [5, 5.41) is 12.5. The van der Waals surface area contributed by atoms with Crippen LogP contribution in [0.2, 0.25) is 0 Å². The molecular formula is C20H16N2O. The number of hydrogen-bond donors (Lipinski definition) is 0. The van der Waals surface area contributed by atoms with E-state index in [2.05, 4.69) is 6.07 Å². The molecule has 3 aromatic rings. The van der Waals surface area contributed by atoms with E-state index in [-0.39, 0.29) is 5.41 Å². The SMILES string of the molecule is N#Cc1cc2c3c(cnc2c2ccccc12)C1(CCCC1)CO3. The van der Waals surface area contributed by atoms with Gasteiger partial charge in [-0.05, 0) is 18.9 Å². The number of hydrogen-bond acceptors (Lipinski definition) is 3. The average Bonchev–Trinajstić information content (AvgIpc) is 3.22. The average molecular weight is 300 g/mol. The van der Waals surface area contributed by atoms with E-state index < -0.39 is 0 Å². The van der Waals surface area contributed by atoms with E-state index in [9.17, 15) is 5.26 Å². The van der Waals surface area contributed by atoms with Gasteiger partial charge in [0, 0.05) is 33.3 Å². The molecule has 5 rings (SSSR count). The lowest BCUT2D eigenvalue weighted by Gasteiger charge is -2.20. The number of nitrogens with zero attached hydrogens (tertiary/aromatic N) is 2. The molecule has 0 unspecified atom stereocenters. The number of nitriles is 1. The molecule has 1 spiro atoms. The van der Waals surface area contributed by atoms with Crippen molar-refractivity contribution < 1.29 is 4.74 Å². The van der Waals surface area contributed by atoms with Crippen LogP contribution in [0.25, 0.3) is 21.7 Å². The Morgan fingerprint density at radius 2 is 1.87 bits per heavy atom. The van der Waals surface area contributed by atoms with E-state index in [1.807, 2.05) is 36.5 Å². The van der Waals surface area contributed by atoms with Gasteiger partial charge in [-0.15, -0.1) is 0 Å². The molecule has 1 aliphatic heterocycles. The largest absolute Gasteiger partial charge is 0.492 e. The lowest BCUT2D eigenvalue weighted by molar-refractivity contribution is 0.269. The summed E-state index contributed by atoms with van der Waals surface area (Å²) in [6, 6.07) is 12.3. The first kappa shape index (κ1) is 12.9. The van der Waals surface area contributed by atoms with Gasteiger partial charge in [0.25, 0.3) is 0 Å². The molecule has 3 heteroatoms. The molecule has 0 N–H and O–H groups in total. The standard InChI is InChI=1S/C20H16N2O/c21-10-13-9-16-18(15-6-2-1-5-14(13)15)22-11-17-19(16)23-12-20(17)7-3-4-8-20/h1-2,5-6,9,11H,3-4,7-8,12H2. The fraction of sp³-hybridized carbons (Fsp3) is 0.300. The maximum absolute atomic E-state index is 9.54. The Bertz CT molecular complexity index is 994. The van der Waals surface area contributed by atoms with Crippen LogP contribution in [0, 0.1) is 11.3 Å². The zero-order valence-electron chi connectivity index (χ0n) is 12.8. The van der Waals surface area contributed by atoms with Crippen molar-refractivity contribution in [1.29, 1.82) is 5.26 Å². The van der Waals surface area contributed by atoms with Crippen molar-refractivity contribution in [1.82, 2.24) is 4.98 Å². The van der Waals surface area contributed by atoms with E-state index in [4.69, 9.17) is 9.72 Å². The summed E-state index contributed by atoms with van der Waals surface area (Å²) in [4.78, 5) is 4.79. The first-order valence-corrected chi connectivity index (χ1v) is 8.20. The minimum absolute atomic E-state index is 0.162. The highest BCUT2D eigenvalue weighted by Gasteiger charge is 2.43. The van der Waals surface area contributed by atoms with Gasteiger partial charge in [-0.2, -0.15) is 5.26 Å². The van der Waals surface area contributed by atoms with Crippen LogP contribution in [0.3, 0.4) is 0 Å². The molecule has 0 amide bonds. The van der Waals surface area contributed by atoms with Gasteiger partial charge in [0.2, 0.25) is 0 Å². The van der Waals surface area contributed by atoms with Gasteiger partial charge in [-0.3, -0.25) is 4.98 Å². The predicted octanol–water partition coefficient (Wildman–Crippen LogP) is 4.46. The van der Waals surface area contributed by atoms with Gasteiger partial charge in [0.05, 0.1) is 23.8 Å². The molecule has 112 valence electrons. The third-order valence-electron chi connectivity index (χ3n) is 5.57. The smallest absolute Gasteiger partial charge is 0.134 e. The third-order valence-corrected chi connectivity index (χ3v) is 5.57. The van der Waals surface area contributed by atoms with Crippen molar-refractivity contribution in [3.8, 4) is 11.8 Å².